The van der Waals surface area contributed by atoms with Crippen molar-refractivity contribution in [1.29, 1.82) is 0 Å². The van der Waals surface area contributed by atoms with Crippen LogP contribution in [0.1, 0.15) is 33.6 Å². The first-order valence-corrected chi connectivity index (χ1v) is 8.89. The highest BCUT2D eigenvalue weighted by Gasteiger charge is 2.38. The second-order valence-corrected chi connectivity index (χ2v) is 10.8. The highest BCUT2D eigenvalue weighted by Crippen LogP contribution is 2.37. The van der Waals surface area contributed by atoms with Crippen molar-refractivity contribution in [3.05, 3.63) is 11.8 Å². The van der Waals surface area contributed by atoms with Crippen molar-refractivity contribution in [2.45, 2.75) is 57.8 Å². The molecule has 2 nitrogen and oxygen atoms in total. The molecule has 1 rings (SSSR count). The van der Waals surface area contributed by atoms with Crippen LogP contribution < -0.4 is 0 Å². The molecule has 1 saturated heterocycles. The van der Waals surface area contributed by atoms with Crippen LogP contribution in [0.3, 0.4) is 0 Å². The first-order valence-electron chi connectivity index (χ1n) is 5.98. The van der Waals surface area contributed by atoms with Gasteiger partial charge in [0.25, 0.3) is 0 Å². The van der Waals surface area contributed by atoms with E-state index in [-0.39, 0.29) is 16.9 Å². The van der Waals surface area contributed by atoms with E-state index in [9.17, 15) is 8.78 Å². The lowest BCUT2D eigenvalue weighted by Crippen LogP contribution is -2.42. The van der Waals surface area contributed by atoms with Crippen molar-refractivity contribution >= 4 is 8.32 Å². The zero-order valence-electron chi connectivity index (χ0n) is 11.3. The Bertz CT molecular complexity index is 304. The van der Waals surface area contributed by atoms with Gasteiger partial charge in [0, 0.05) is 6.42 Å². The average molecular weight is 264 g/mol. The topological polar surface area (TPSA) is 18.5 Å². The van der Waals surface area contributed by atoms with Crippen molar-refractivity contribution in [2.24, 2.45) is 0 Å². The summed E-state index contributed by atoms with van der Waals surface area (Å²) in [6.45, 7) is 11.2. The smallest absolute Gasteiger partial charge is 0.307 e. The first kappa shape index (κ1) is 14.6. The lowest BCUT2D eigenvalue weighted by Gasteiger charge is -2.36. The number of halogens is 2. The van der Waals surface area contributed by atoms with Gasteiger partial charge >= 0.3 is 6.08 Å². The zero-order valence-corrected chi connectivity index (χ0v) is 12.3. The number of hydrogen-bond donors (Lipinski definition) is 0. The maximum Gasteiger partial charge on any atom is 0.307 e. The van der Waals surface area contributed by atoms with Gasteiger partial charge in [-0.1, -0.05) is 20.8 Å². The highest BCUT2D eigenvalue weighted by atomic mass is 28.4. The summed E-state index contributed by atoms with van der Waals surface area (Å²) in [6, 6.07) is 0. The molecule has 0 aromatic heterocycles. The first-order chi connectivity index (χ1) is 7.63. The van der Waals surface area contributed by atoms with E-state index in [1.165, 1.54) is 0 Å². The van der Waals surface area contributed by atoms with Crippen LogP contribution in [0.4, 0.5) is 8.78 Å². The summed E-state index contributed by atoms with van der Waals surface area (Å²) in [5.41, 5.74) is 0. The maximum absolute atomic E-state index is 12.3. The third-order valence-electron chi connectivity index (χ3n) is 3.65. The summed E-state index contributed by atoms with van der Waals surface area (Å²) in [5, 5.41) is 0.135. The third-order valence-corrected chi connectivity index (χ3v) is 8.15. The quantitative estimate of drug-likeness (QED) is 0.708. The molecule has 1 aliphatic rings. The van der Waals surface area contributed by atoms with E-state index < -0.39 is 14.4 Å². The summed E-state index contributed by atoms with van der Waals surface area (Å²) >= 11 is 0. The van der Waals surface area contributed by atoms with Crippen LogP contribution in [0.15, 0.2) is 11.8 Å². The van der Waals surface area contributed by atoms with Gasteiger partial charge in [0.2, 0.25) is 0 Å². The van der Waals surface area contributed by atoms with Crippen LogP contribution in [0, 0.1) is 0 Å². The second-order valence-electron chi connectivity index (χ2n) is 6.03. The molecule has 0 aromatic carbocycles. The molecule has 5 heteroatoms. The molecule has 0 amide bonds. The van der Waals surface area contributed by atoms with Crippen LogP contribution in [0.5, 0.6) is 0 Å². The Labute approximate surface area is 103 Å². The standard InChI is InChI=1S/C12H22F2O2Si/c1-12(2,3)17(4,5)15-8-9-6-7-10(16-9)11(13)14/h9H,6-8H2,1-5H3/t9-/m0/s1. The summed E-state index contributed by atoms with van der Waals surface area (Å²) in [7, 11) is -1.81. The number of allylic oxidation sites excluding steroid dienone is 1. The number of rotatable bonds is 3. The SMILES string of the molecule is CC(C)(C)[Si](C)(C)OC[C@@H]1CCC(=C(F)F)O1. The molecule has 0 saturated carbocycles. The maximum atomic E-state index is 12.3. The Morgan fingerprint density at radius 3 is 2.41 bits per heavy atom. The molecular formula is C12H22F2O2Si. The van der Waals surface area contributed by atoms with Gasteiger partial charge in [-0.15, -0.1) is 0 Å². The number of ether oxygens (including phenoxy) is 1. The van der Waals surface area contributed by atoms with Crippen LogP contribution in [-0.4, -0.2) is 21.0 Å². The molecule has 0 bridgehead atoms. The monoisotopic (exact) mass is 264 g/mol. The van der Waals surface area contributed by atoms with Crippen LogP contribution in [0.25, 0.3) is 0 Å². The molecule has 0 radical (unpaired) electrons. The van der Waals surface area contributed by atoms with Crippen molar-refractivity contribution in [2.75, 3.05) is 6.61 Å². The average Bonchev–Trinajstić information content (AvgIpc) is 2.61. The van der Waals surface area contributed by atoms with E-state index in [1.807, 2.05) is 0 Å². The highest BCUT2D eigenvalue weighted by molar-refractivity contribution is 6.74. The van der Waals surface area contributed by atoms with Crippen molar-refractivity contribution in [3.63, 3.8) is 0 Å². The van der Waals surface area contributed by atoms with E-state index in [1.54, 1.807) is 0 Å². The largest absolute Gasteiger partial charge is 0.487 e. The van der Waals surface area contributed by atoms with Gasteiger partial charge in [-0.25, -0.2) is 0 Å². The van der Waals surface area contributed by atoms with Gasteiger partial charge in [0.1, 0.15) is 6.10 Å². The van der Waals surface area contributed by atoms with Gasteiger partial charge in [-0.05, 0) is 24.6 Å². The van der Waals surface area contributed by atoms with Gasteiger partial charge in [-0.3, -0.25) is 0 Å². The van der Waals surface area contributed by atoms with Crippen molar-refractivity contribution < 1.29 is 17.9 Å². The van der Waals surface area contributed by atoms with E-state index in [2.05, 4.69) is 33.9 Å². The van der Waals surface area contributed by atoms with Crippen molar-refractivity contribution in [1.82, 2.24) is 0 Å². The second kappa shape index (κ2) is 5.06. The van der Waals surface area contributed by atoms with E-state index in [4.69, 9.17) is 9.16 Å². The Morgan fingerprint density at radius 1 is 1.41 bits per heavy atom. The minimum atomic E-state index is -1.81. The molecule has 1 heterocycles. The van der Waals surface area contributed by atoms with E-state index in [0.29, 0.717) is 19.4 Å². The van der Waals surface area contributed by atoms with E-state index in [0.717, 1.165) is 0 Å². The molecule has 100 valence electrons. The molecule has 1 atom stereocenters. The molecule has 0 spiro atoms. The fourth-order valence-corrected chi connectivity index (χ4v) is 2.42. The molecule has 0 aromatic rings. The summed E-state index contributed by atoms with van der Waals surface area (Å²) in [5.74, 6) is -0.158. The van der Waals surface area contributed by atoms with Crippen LogP contribution in [-0.2, 0) is 9.16 Å². The minimum Gasteiger partial charge on any atom is -0.487 e. The molecule has 0 N–H and O–H groups in total. The van der Waals surface area contributed by atoms with Gasteiger partial charge in [0.05, 0.1) is 6.61 Å². The predicted molar refractivity (Wildman–Crippen MR) is 66.5 cm³/mol. The summed E-state index contributed by atoms with van der Waals surface area (Å²) < 4.78 is 35.7. The zero-order chi connectivity index (χ0) is 13.3. The molecule has 0 unspecified atom stereocenters. The fourth-order valence-electron chi connectivity index (χ4n) is 1.39. The van der Waals surface area contributed by atoms with Gasteiger partial charge < -0.3 is 9.16 Å². The molecular weight excluding hydrogens is 242 g/mol. The predicted octanol–water partition coefficient (Wildman–Crippen LogP) is 4.30. The lowest BCUT2D eigenvalue weighted by molar-refractivity contribution is 0.0878. The Kier molecular flexibility index (Phi) is 4.36. The Balaban J connectivity index is 2.46. The van der Waals surface area contributed by atoms with Crippen LogP contribution in [0.2, 0.25) is 18.1 Å². The summed E-state index contributed by atoms with van der Waals surface area (Å²) in [6.07, 6.45) is -0.949. The molecule has 0 aliphatic carbocycles. The summed E-state index contributed by atoms with van der Waals surface area (Å²) in [4.78, 5) is 0. The minimum absolute atomic E-state index is 0.135. The van der Waals surface area contributed by atoms with Gasteiger partial charge in [-0.2, -0.15) is 8.78 Å². The number of hydrogen-bond acceptors (Lipinski definition) is 2. The van der Waals surface area contributed by atoms with Gasteiger partial charge in [0.15, 0.2) is 14.1 Å². The third kappa shape index (κ3) is 3.78. The molecule has 1 aliphatic heterocycles. The Morgan fingerprint density at radius 2 is 2.00 bits per heavy atom. The Hall–Kier alpha value is -0.423. The van der Waals surface area contributed by atoms with Crippen LogP contribution >= 0.6 is 0 Å². The normalized spacial score (nSPS) is 21.6. The lowest BCUT2D eigenvalue weighted by atomic mass is 10.2. The molecule has 1 fully saturated rings. The molecule has 17 heavy (non-hydrogen) atoms. The van der Waals surface area contributed by atoms with E-state index >= 15 is 0 Å². The fraction of sp³-hybridized carbons (Fsp3) is 0.833. The van der Waals surface area contributed by atoms with Crippen molar-refractivity contribution in [3.8, 4) is 0 Å².